The summed E-state index contributed by atoms with van der Waals surface area (Å²) in [6.45, 7) is 0.296. The molecule has 56 valence electrons. The first-order valence-corrected chi connectivity index (χ1v) is 3.01. The Morgan fingerprint density at radius 2 is 2.00 bits per heavy atom. The van der Waals surface area contributed by atoms with Crippen molar-refractivity contribution >= 4 is 23.5 Å². The molecule has 0 aromatic heterocycles. The minimum atomic E-state index is -0.625. The van der Waals surface area contributed by atoms with Crippen molar-refractivity contribution in [2.75, 3.05) is 6.67 Å². The van der Waals surface area contributed by atoms with Crippen LogP contribution in [0.25, 0.3) is 0 Å². The molecule has 2 aliphatic heterocycles. The molecule has 2 heterocycles. The lowest BCUT2D eigenvalue weighted by Gasteiger charge is -2.13. The number of nitrogens with zero attached hydrogens (tertiary/aromatic N) is 2. The summed E-state index contributed by atoms with van der Waals surface area (Å²) in [5.41, 5.74) is 0.0845. The molecule has 2 rings (SSSR count). The summed E-state index contributed by atoms with van der Waals surface area (Å²) in [6, 6.07) is -0.625. The second-order valence-corrected chi connectivity index (χ2v) is 2.06. The molecule has 3 amide bonds. The highest BCUT2D eigenvalue weighted by Crippen LogP contribution is 1.99. The molecule has 0 saturated carbocycles. The van der Waals surface area contributed by atoms with Gasteiger partial charge in [-0.1, -0.05) is 0 Å². The molecular formula is C5H4N4O2. The maximum Gasteiger partial charge on any atom is 0.369 e. The Morgan fingerprint density at radius 1 is 1.18 bits per heavy atom. The summed E-state index contributed by atoms with van der Waals surface area (Å²) in [7, 11) is 0. The first kappa shape index (κ1) is 6.02. The van der Waals surface area contributed by atoms with E-state index in [1.54, 1.807) is 0 Å². The van der Waals surface area contributed by atoms with Gasteiger partial charge in [-0.15, -0.1) is 0 Å². The normalized spacial score (nSPS) is 21.5. The van der Waals surface area contributed by atoms with Crippen LogP contribution in [0, 0.1) is 0 Å². The van der Waals surface area contributed by atoms with Gasteiger partial charge >= 0.3 is 6.03 Å². The van der Waals surface area contributed by atoms with Crippen LogP contribution >= 0.6 is 0 Å². The number of hydrogen-bond donors (Lipinski definition) is 2. The zero-order valence-corrected chi connectivity index (χ0v) is 5.42. The van der Waals surface area contributed by atoms with Gasteiger partial charge in [0.2, 0.25) is 0 Å². The molecule has 6 heteroatoms. The van der Waals surface area contributed by atoms with Gasteiger partial charge in [0.05, 0.1) is 6.67 Å². The summed E-state index contributed by atoms with van der Waals surface area (Å²) in [6.07, 6.45) is 0. The van der Waals surface area contributed by atoms with Crippen molar-refractivity contribution in [1.29, 1.82) is 0 Å². The first-order chi connectivity index (χ1) is 5.27. The summed E-state index contributed by atoms with van der Waals surface area (Å²) in [5, 5.41) is 5.17. The molecule has 0 atom stereocenters. The van der Waals surface area contributed by atoms with Gasteiger partial charge in [-0.3, -0.25) is 4.79 Å². The van der Waals surface area contributed by atoms with Crippen LogP contribution in [-0.2, 0) is 4.79 Å². The number of carbonyl (C=O) groups excluding carboxylic acids is 2. The van der Waals surface area contributed by atoms with Crippen LogP contribution in [0.4, 0.5) is 4.79 Å². The molecule has 11 heavy (non-hydrogen) atoms. The van der Waals surface area contributed by atoms with Crippen molar-refractivity contribution in [3.63, 3.8) is 0 Å². The molecule has 0 unspecified atom stereocenters. The number of hydrogen-bond acceptors (Lipinski definition) is 3. The Labute approximate surface area is 61.4 Å². The second-order valence-electron chi connectivity index (χ2n) is 2.06. The van der Waals surface area contributed by atoms with Gasteiger partial charge in [0.25, 0.3) is 5.91 Å². The lowest BCUT2D eigenvalue weighted by atomic mass is 10.3. The van der Waals surface area contributed by atoms with E-state index < -0.39 is 6.03 Å². The van der Waals surface area contributed by atoms with Crippen LogP contribution in [0.2, 0.25) is 0 Å². The summed E-state index contributed by atoms with van der Waals surface area (Å²) in [4.78, 5) is 28.3. The highest BCUT2D eigenvalue weighted by atomic mass is 16.2. The van der Waals surface area contributed by atoms with E-state index in [0.717, 1.165) is 0 Å². The molecule has 0 aromatic rings. The third-order valence-corrected chi connectivity index (χ3v) is 1.36. The van der Waals surface area contributed by atoms with Gasteiger partial charge in [0.15, 0.2) is 11.5 Å². The number of amides is 3. The maximum atomic E-state index is 10.9. The van der Waals surface area contributed by atoms with Gasteiger partial charge in [-0.05, 0) is 0 Å². The maximum absolute atomic E-state index is 10.9. The van der Waals surface area contributed by atoms with Gasteiger partial charge in [-0.25, -0.2) is 4.79 Å². The Kier molecular flexibility index (Phi) is 1.03. The highest BCUT2D eigenvalue weighted by Gasteiger charge is 2.28. The molecule has 2 aliphatic rings. The molecule has 2 N–H and O–H groups in total. The van der Waals surface area contributed by atoms with Crippen LogP contribution in [0.5, 0.6) is 0 Å². The van der Waals surface area contributed by atoms with Gasteiger partial charge in [-0.2, -0.15) is 9.98 Å². The molecule has 0 bridgehead atoms. The van der Waals surface area contributed by atoms with Gasteiger partial charge in [0.1, 0.15) is 0 Å². The average molecular weight is 152 g/mol. The van der Waals surface area contributed by atoms with Crippen molar-refractivity contribution in [2.45, 2.75) is 0 Å². The topological polar surface area (TPSA) is 82.9 Å². The van der Waals surface area contributed by atoms with Crippen molar-refractivity contribution in [3.05, 3.63) is 0 Å². The molecule has 0 aliphatic carbocycles. The number of rotatable bonds is 0. The van der Waals surface area contributed by atoms with Gasteiger partial charge < -0.3 is 10.6 Å². The second kappa shape index (κ2) is 1.88. The smallest absolute Gasteiger partial charge is 0.351 e. The van der Waals surface area contributed by atoms with Gasteiger partial charge in [0, 0.05) is 0 Å². The SMILES string of the molecule is O=C1N=C2NCNC(=O)C2=N1. The fraction of sp³-hybridized carbons (Fsp3) is 0.200. The molecule has 0 radical (unpaired) electrons. The number of aliphatic imine (C=N–C) groups is 2. The molecule has 1 fully saturated rings. The number of fused-ring (bicyclic) bond motifs is 1. The van der Waals surface area contributed by atoms with Crippen molar-refractivity contribution in [1.82, 2.24) is 10.6 Å². The molecular weight excluding hydrogens is 148 g/mol. The molecule has 0 spiro atoms. The predicted octanol–water partition coefficient (Wildman–Crippen LogP) is -1.36. The number of carbonyl (C=O) groups is 2. The number of amidine groups is 1. The summed E-state index contributed by atoms with van der Waals surface area (Å²) in [5.74, 6) is -0.0768. The molecule has 0 aromatic carbocycles. The standard InChI is InChI=1S/C5H4N4O2/c10-4-2-3(6-1-7-4)9-5(11)8-2/h1H2,(H,7,10)(H,6,9,11). The van der Waals surface area contributed by atoms with E-state index in [0.29, 0.717) is 6.67 Å². The third-order valence-electron chi connectivity index (χ3n) is 1.36. The number of urea groups is 1. The van der Waals surface area contributed by atoms with Crippen molar-refractivity contribution < 1.29 is 9.59 Å². The molecule has 1 saturated heterocycles. The lowest BCUT2D eigenvalue weighted by molar-refractivity contribution is -0.114. The van der Waals surface area contributed by atoms with E-state index in [-0.39, 0.29) is 17.5 Å². The zero-order chi connectivity index (χ0) is 7.84. The Morgan fingerprint density at radius 3 is 2.73 bits per heavy atom. The largest absolute Gasteiger partial charge is 0.369 e. The quantitative estimate of drug-likeness (QED) is 0.449. The molecule has 6 nitrogen and oxygen atoms in total. The van der Waals surface area contributed by atoms with Crippen LogP contribution in [0.15, 0.2) is 9.98 Å². The Bertz CT molecular complexity index is 304. The monoisotopic (exact) mass is 152 g/mol. The van der Waals surface area contributed by atoms with E-state index in [2.05, 4.69) is 20.6 Å². The van der Waals surface area contributed by atoms with E-state index >= 15 is 0 Å². The lowest BCUT2D eigenvalue weighted by Crippen LogP contribution is -2.51. The Balaban J connectivity index is 2.42. The van der Waals surface area contributed by atoms with E-state index in [4.69, 9.17) is 0 Å². The third kappa shape index (κ3) is 0.794. The Hall–Kier alpha value is -1.72. The minimum Gasteiger partial charge on any atom is -0.351 e. The first-order valence-electron chi connectivity index (χ1n) is 3.01. The zero-order valence-electron chi connectivity index (χ0n) is 5.42. The van der Waals surface area contributed by atoms with Crippen LogP contribution < -0.4 is 10.6 Å². The average Bonchev–Trinajstić information content (AvgIpc) is 2.31. The predicted molar refractivity (Wildman–Crippen MR) is 36.4 cm³/mol. The summed E-state index contributed by atoms with van der Waals surface area (Å²) < 4.78 is 0. The fourth-order valence-electron chi connectivity index (χ4n) is 0.896. The van der Waals surface area contributed by atoms with Crippen LogP contribution in [0.1, 0.15) is 0 Å². The van der Waals surface area contributed by atoms with Crippen LogP contribution in [0.3, 0.4) is 0 Å². The van der Waals surface area contributed by atoms with E-state index in [1.807, 2.05) is 0 Å². The van der Waals surface area contributed by atoms with Crippen molar-refractivity contribution in [2.24, 2.45) is 9.98 Å². The van der Waals surface area contributed by atoms with Crippen LogP contribution in [-0.4, -0.2) is 30.2 Å². The van der Waals surface area contributed by atoms with E-state index in [1.165, 1.54) is 0 Å². The summed E-state index contributed by atoms with van der Waals surface area (Å²) >= 11 is 0. The minimum absolute atomic E-state index is 0.0845. The number of nitrogens with one attached hydrogen (secondary N) is 2. The van der Waals surface area contributed by atoms with Crippen molar-refractivity contribution in [3.8, 4) is 0 Å². The van der Waals surface area contributed by atoms with E-state index in [9.17, 15) is 9.59 Å². The highest BCUT2D eigenvalue weighted by molar-refractivity contribution is 6.70. The fourth-order valence-corrected chi connectivity index (χ4v) is 0.896.